The highest BCUT2D eigenvalue weighted by atomic mass is 19.1. The number of amides is 1. The number of carbonyl (C=O) groups excluding carboxylic acids is 2. The molecule has 2 aromatic rings. The van der Waals surface area contributed by atoms with Crippen LogP contribution in [0.4, 0.5) is 4.39 Å². The van der Waals surface area contributed by atoms with Crippen LogP contribution in [-0.4, -0.2) is 36.5 Å². The van der Waals surface area contributed by atoms with E-state index in [1.165, 1.54) is 24.1 Å². The number of hydrogen-bond acceptors (Lipinski definition) is 4. The van der Waals surface area contributed by atoms with Gasteiger partial charge in [0.05, 0.1) is 7.11 Å². The van der Waals surface area contributed by atoms with Crippen LogP contribution in [0.1, 0.15) is 11.1 Å². The van der Waals surface area contributed by atoms with E-state index in [1.807, 2.05) is 24.3 Å². The van der Waals surface area contributed by atoms with Gasteiger partial charge in [0.1, 0.15) is 6.04 Å². The van der Waals surface area contributed by atoms with Crippen LogP contribution in [0.25, 0.3) is 0 Å². The maximum atomic E-state index is 13.6. The number of rotatable bonds is 4. The molecular formula is C19H18FNO4. The minimum atomic E-state index is -0.711. The van der Waals surface area contributed by atoms with Gasteiger partial charge in [-0.2, -0.15) is 0 Å². The highest BCUT2D eigenvalue weighted by molar-refractivity contribution is 5.86. The molecular weight excluding hydrogens is 325 g/mol. The quantitative estimate of drug-likeness (QED) is 0.800. The Morgan fingerprint density at radius 3 is 2.52 bits per heavy atom. The smallest absolute Gasteiger partial charge is 0.328 e. The molecule has 1 atom stereocenters. The molecule has 0 saturated carbocycles. The first-order valence-electron chi connectivity index (χ1n) is 7.91. The van der Waals surface area contributed by atoms with Crippen molar-refractivity contribution in [1.29, 1.82) is 0 Å². The molecule has 0 aliphatic carbocycles. The van der Waals surface area contributed by atoms with Crippen LogP contribution in [0.2, 0.25) is 0 Å². The van der Waals surface area contributed by atoms with Crippen molar-refractivity contribution in [3.63, 3.8) is 0 Å². The van der Waals surface area contributed by atoms with Crippen molar-refractivity contribution >= 4 is 11.9 Å². The highest BCUT2D eigenvalue weighted by Crippen LogP contribution is 2.24. The second-order valence-electron chi connectivity index (χ2n) is 5.75. The van der Waals surface area contributed by atoms with E-state index in [9.17, 15) is 14.0 Å². The molecule has 1 aliphatic rings. The van der Waals surface area contributed by atoms with Gasteiger partial charge in [-0.3, -0.25) is 4.79 Å². The lowest BCUT2D eigenvalue weighted by atomic mass is 9.94. The number of carbonyl (C=O) groups is 2. The molecule has 0 aromatic heterocycles. The van der Waals surface area contributed by atoms with Gasteiger partial charge in [0, 0.05) is 13.0 Å². The molecule has 0 N–H and O–H groups in total. The third-order valence-corrected chi connectivity index (χ3v) is 4.23. The summed E-state index contributed by atoms with van der Waals surface area (Å²) in [4.78, 5) is 26.1. The van der Waals surface area contributed by atoms with Gasteiger partial charge in [-0.15, -0.1) is 0 Å². The third kappa shape index (κ3) is 3.63. The van der Waals surface area contributed by atoms with E-state index in [0.717, 1.165) is 11.1 Å². The number of halogens is 1. The molecule has 0 bridgehead atoms. The third-order valence-electron chi connectivity index (χ3n) is 4.23. The van der Waals surface area contributed by atoms with Gasteiger partial charge in [-0.1, -0.05) is 36.4 Å². The van der Waals surface area contributed by atoms with Gasteiger partial charge < -0.3 is 14.4 Å². The Hall–Kier alpha value is -2.89. The number of hydrogen-bond donors (Lipinski definition) is 0. The van der Waals surface area contributed by atoms with E-state index >= 15 is 0 Å². The predicted octanol–water partition coefficient (Wildman–Crippen LogP) is 2.33. The van der Waals surface area contributed by atoms with Crippen LogP contribution in [0, 0.1) is 5.82 Å². The zero-order chi connectivity index (χ0) is 17.8. The van der Waals surface area contributed by atoms with E-state index < -0.39 is 23.7 Å². The molecule has 3 rings (SSSR count). The topological polar surface area (TPSA) is 55.8 Å². The Morgan fingerprint density at radius 1 is 1.12 bits per heavy atom. The summed E-state index contributed by atoms with van der Waals surface area (Å²) in [7, 11) is 1.29. The minimum Gasteiger partial charge on any atom is -0.481 e. The molecule has 2 aromatic carbocycles. The van der Waals surface area contributed by atoms with Crippen LogP contribution in [0.3, 0.4) is 0 Å². The second-order valence-corrected chi connectivity index (χ2v) is 5.75. The Morgan fingerprint density at radius 2 is 1.80 bits per heavy atom. The molecule has 6 heteroatoms. The average molecular weight is 343 g/mol. The van der Waals surface area contributed by atoms with Crippen molar-refractivity contribution in [3.8, 4) is 5.75 Å². The molecule has 130 valence electrons. The van der Waals surface area contributed by atoms with E-state index in [4.69, 9.17) is 9.47 Å². The number of fused-ring (bicyclic) bond motifs is 1. The number of para-hydroxylation sites is 1. The Kier molecular flexibility index (Phi) is 4.97. The first-order chi connectivity index (χ1) is 12.1. The maximum Gasteiger partial charge on any atom is 0.328 e. The van der Waals surface area contributed by atoms with Crippen LogP contribution in [-0.2, 0) is 27.3 Å². The molecule has 5 nitrogen and oxygen atoms in total. The minimum absolute atomic E-state index is 0.00266. The van der Waals surface area contributed by atoms with Crippen molar-refractivity contribution in [1.82, 2.24) is 4.90 Å². The standard InChI is InChI=1S/C19H18FNO4/c1-24-19(23)16-10-13-6-2-3-7-14(13)11-21(16)18(22)12-25-17-9-5-4-8-15(17)20/h2-9,16H,10-12H2,1H3/t16-/m0/s1. The molecule has 0 fully saturated rings. The fourth-order valence-electron chi connectivity index (χ4n) is 2.92. The van der Waals surface area contributed by atoms with E-state index in [0.29, 0.717) is 6.42 Å². The van der Waals surface area contributed by atoms with Crippen molar-refractivity contribution < 1.29 is 23.5 Å². The van der Waals surface area contributed by atoms with Gasteiger partial charge >= 0.3 is 5.97 Å². The van der Waals surface area contributed by atoms with Gasteiger partial charge in [0.15, 0.2) is 18.2 Å². The Bertz CT molecular complexity index is 792. The molecule has 1 amide bonds. The van der Waals surface area contributed by atoms with Crippen LogP contribution < -0.4 is 4.74 Å². The Labute approximate surface area is 145 Å². The molecule has 0 unspecified atom stereocenters. The normalized spacial score (nSPS) is 16.1. The summed E-state index contributed by atoms with van der Waals surface area (Å²) in [5.74, 6) is -1.41. The SMILES string of the molecule is COC(=O)[C@@H]1Cc2ccccc2CN1C(=O)COc1ccccc1F. The predicted molar refractivity (Wildman–Crippen MR) is 88.4 cm³/mol. The lowest BCUT2D eigenvalue weighted by molar-refractivity contribution is -0.154. The second kappa shape index (κ2) is 7.34. The summed E-state index contributed by atoms with van der Waals surface area (Å²) < 4.78 is 23.7. The summed E-state index contributed by atoms with van der Waals surface area (Å²) in [5.41, 5.74) is 1.99. The van der Waals surface area contributed by atoms with E-state index in [-0.39, 0.29) is 18.9 Å². The number of ether oxygens (including phenoxy) is 2. The molecule has 25 heavy (non-hydrogen) atoms. The van der Waals surface area contributed by atoms with Gasteiger partial charge in [-0.05, 0) is 23.3 Å². The Balaban J connectivity index is 1.77. The fraction of sp³-hybridized carbons (Fsp3) is 0.263. The number of benzene rings is 2. The summed E-state index contributed by atoms with van der Waals surface area (Å²) in [6, 6.07) is 12.8. The van der Waals surface area contributed by atoms with Gasteiger partial charge in [-0.25, -0.2) is 9.18 Å². The van der Waals surface area contributed by atoms with Crippen LogP contribution in [0.15, 0.2) is 48.5 Å². The zero-order valence-electron chi connectivity index (χ0n) is 13.8. The van der Waals surface area contributed by atoms with Crippen LogP contribution in [0.5, 0.6) is 5.75 Å². The van der Waals surface area contributed by atoms with Crippen molar-refractivity contribution in [2.45, 2.75) is 19.0 Å². The zero-order valence-corrected chi connectivity index (χ0v) is 13.8. The largest absolute Gasteiger partial charge is 0.481 e. The molecule has 0 spiro atoms. The average Bonchev–Trinajstić information content (AvgIpc) is 2.65. The summed E-state index contributed by atoms with van der Waals surface area (Å²) in [6.07, 6.45) is 0.383. The van der Waals surface area contributed by atoms with Crippen molar-refractivity contribution in [2.24, 2.45) is 0 Å². The summed E-state index contributed by atoms with van der Waals surface area (Å²) in [5, 5.41) is 0. The first kappa shape index (κ1) is 17.0. The number of nitrogens with zero attached hydrogens (tertiary/aromatic N) is 1. The fourth-order valence-corrected chi connectivity index (χ4v) is 2.92. The van der Waals surface area contributed by atoms with E-state index in [1.54, 1.807) is 12.1 Å². The number of methoxy groups -OCH3 is 1. The summed E-state index contributed by atoms with van der Waals surface area (Å²) in [6.45, 7) is -0.0635. The van der Waals surface area contributed by atoms with Crippen molar-refractivity contribution in [2.75, 3.05) is 13.7 Å². The lowest BCUT2D eigenvalue weighted by Crippen LogP contribution is -2.50. The van der Waals surface area contributed by atoms with Crippen molar-refractivity contribution in [3.05, 3.63) is 65.5 Å². The molecule has 0 radical (unpaired) electrons. The molecule has 0 saturated heterocycles. The van der Waals surface area contributed by atoms with Gasteiger partial charge in [0.2, 0.25) is 0 Å². The van der Waals surface area contributed by atoms with Gasteiger partial charge in [0.25, 0.3) is 5.91 Å². The molecule has 1 heterocycles. The lowest BCUT2D eigenvalue weighted by Gasteiger charge is -2.35. The summed E-state index contributed by atoms with van der Waals surface area (Å²) >= 11 is 0. The monoisotopic (exact) mass is 343 g/mol. The first-order valence-corrected chi connectivity index (χ1v) is 7.91. The highest BCUT2D eigenvalue weighted by Gasteiger charge is 2.35. The van der Waals surface area contributed by atoms with E-state index in [2.05, 4.69) is 0 Å². The maximum absolute atomic E-state index is 13.6. The number of esters is 1. The molecule has 1 aliphatic heterocycles. The van der Waals surface area contributed by atoms with Crippen LogP contribution >= 0.6 is 0 Å².